The summed E-state index contributed by atoms with van der Waals surface area (Å²) >= 11 is 0. The number of urea groups is 1. The number of rotatable bonds is 5. The van der Waals surface area contributed by atoms with Gasteiger partial charge in [-0.1, -0.05) is 30.5 Å². The van der Waals surface area contributed by atoms with Crippen molar-refractivity contribution in [3.05, 3.63) is 29.8 Å². The Balaban J connectivity index is 1.50. The monoisotopic (exact) mass is 423 g/mol. The molecule has 1 atom stereocenters. The van der Waals surface area contributed by atoms with Gasteiger partial charge in [0, 0.05) is 6.04 Å². The second kappa shape index (κ2) is 9.23. The number of sulfonamides is 1. The normalized spacial score (nSPS) is 20.3. The first kappa shape index (κ1) is 21.7. The molecule has 0 spiro atoms. The maximum Gasteiger partial charge on any atom is 0.321 e. The van der Waals surface area contributed by atoms with Crippen molar-refractivity contribution in [3.63, 3.8) is 0 Å². The van der Waals surface area contributed by atoms with Crippen molar-refractivity contribution in [1.29, 1.82) is 0 Å². The average molecular weight is 424 g/mol. The first-order valence-corrected chi connectivity index (χ1v) is 11.7. The lowest BCUT2D eigenvalue weighted by atomic mass is 10.2. The fourth-order valence-corrected chi connectivity index (χ4v) is 5.44. The maximum absolute atomic E-state index is 12.8. The van der Waals surface area contributed by atoms with E-state index in [1.165, 1.54) is 4.31 Å². The first-order chi connectivity index (χ1) is 13.8. The van der Waals surface area contributed by atoms with Crippen LogP contribution in [0.25, 0.3) is 0 Å². The molecule has 2 aliphatic rings. The number of carbonyl (C=O) groups excluding carboxylic acids is 2. The predicted octanol–water partition coefficient (Wildman–Crippen LogP) is 0.0411. The summed E-state index contributed by atoms with van der Waals surface area (Å²) in [5.41, 5.74) is 1.01. The highest BCUT2D eigenvalue weighted by atomic mass is 32.2. The highest BCUT2D eigenvalue weighted by Gasteiger charge is 2.35. The van der Waals surface area contributed by atoms with Crippen molar-refractivity contribution in [2.75, 3.05) is 26.2 Å². The molecule has 3 rings (SSSR count). The van der Waals surface area contributed by atoms with E-state index < -0.39 is 22.1 Å². The molecular formula is C20H31N4O4S+. The van der Waals surface area contributed by atoms with Crippen molar-refractivity contribution in [3.8, 4) is 0 Å². The Labute approximate surface area is 172 Å². The van der Waals surface area contributed by atoms with Gasteiger partial charge in [0.25, 0.3) is 5.91 Å². The molecule has 1 heterocycles. The van der Waals surface area contributed by atoms with Gasteiger partial charge in [0.1, 0.15) is 0 Å². The fourth-order valence-electron chi connectivity index (χ4n) is 4.00. The Bertz CT molecular complexity index is 827. The van der Waals surface area contributed by atoms with E-state index in [9.17, 15) is 18.0 Å². The zero-order valence-electron chi connectivity index (χ0n) is 17.1. The van der Waals surface area contributed by atoms with Crippen LogP contribution in [0.5, 0.6) is 0 Å². The molecule has 1 saturated carbocycles. The summed E-state index contributed by atoms with van der Waals surface area (Å²) in [5, 5.41) is 5.28. The van der Waals surface area contributed by atoms with Gasteiger partial charge in [-0.05, 0) is 38.8 Å². The number of nitrogens with zero attached hydrogens (tertiary/aromatic N) is 1. The number of hydrogen-bond acceptors (Lipinski definition) is 4. The minimum Gasteiger partial charge on any atom is -0.335 e. The van der Waals surface area contributed by atoms with Crippen LogP contribution in [-0.4, -0.2) is 62.9 Å². The molecule has 0 aromatic heterocycles. The van der Waals surface area contributed by atoms with E-state index in [0.717, 1.165) is 36.1 Å². The number of nitrogens with one attached hydrogen (secondary N) is 3. The number of quaternary nitrogens is 1. The molecule has 8 nitrogen and oxygen atoms in total. The lowest BCUT2D eigenvalue weighted by molar-refractivity contribution is -0.917. The summed E-state index contributed by atoms with van der Waals surface area (Å²) in [7, 11) is -3.53. The quantitative estimate of drug-likeness (QED) is 0.623. The van der Waals surface area contributed by atoms with Crippen LogP contribution < -0.4 is 15.5 Å². The van der Waals surface area contributed by atoms with Crippen LogP contribution in [0.2, 0.25) is 0 Å². The third kappa shape index (κ3) is 5.34. The van der Waals surface area contributed by atoms with E-state index >= 15 is 0 Å². The average Bonchev–Trinajstić information content (AvgIpc) is 3.20. The highest BCUT2D eigenvalue weighted by Crippen LogP contribution is 2.17. The van der Waals surface area contributed by atoms with Crippen molar-refractivity contribution in [2.24, 2.45) is 0 Å². The molecule has 1 aliphatic heterocycles. The largest absolute Gasteiger partial charge is 0.335 e. The van der Waals surface area contributed by atoms with Crippen LogP contribution >= 0.6 is 0 Å². The zero-order chi connectivity index (χ0) is 21.0. The number of imide groups is 1. The topological polar surface area (TPSA) is 100 Å². The van der Waals surface area contributed by atoms with Crippen LogP contribution in [0.15, 0.2) is 29.2 Å². The second-order valence-electron chi connectivity index (χ2n) is 8.04. The van der Waals surface area contributed by atoms with Crippen molar-refractivity contribution in [1.82, 2.24) is 14.9 Å². The number of piperazine rings is 1. The van der Waals surface area contributed by atoms with Crippen LogP contribution in [0.3, 0.4) is 0 Å². The van der Waals surface area contributed by atoms with Crippen LogP contribution in [0.4, 0.5) is 4.79 Å². The summed E-state index contributed by atoms with van der Waals surface area (Å²) in [6.45, 7) is 5.42. The van der Waals surface area contributed by atoms with Gasteiger partial charge in [-0.25, -0.2) is 13.2 Å². The Hall–Kier alpha value is -1.97. The van der Waals surface area contributed by atoms with E-state index in [2.05, 4.69) is 10.6 Å². The van der Waals surface area contributed by atoms with Gasteiger partial charge in [-0.15, -0.1) is 0 Å². The molecule has 9 heteroatoms. The van der Waals surface area contributed by atoms with Gasteiger partial charge >= 0.3 is 6.03 Å². The third-order valence-electron chi connectivity index (χ3n) is 5.96. The molecule has 1 aromatic carbocycles. The molecule has 1 aromatic rings. The molecular weight excluding hydrogens is 392 g/mol. The molecule has 3 N–H and O–H groups in total. The maximum atomic E-state index is 12.8. The SMILES string of the molecule is Cc1ccc(S(=O)(=O)N2CC[NH+]([C@H](C)C(=O)NC(=O)NC3CCCC3)CC2)cc1. The number of aryl methyl sites for hydroxylation is 1. The number of amides is 3. The van der Waals surface area contributed by atoms with E-state index in [1.54, 1.807) is 31.2 Å². The molecule has 1 saturated heterocycles. The molecule has 1 aliphatic carbocycles. The van der Waals surface area contributed by atoms with Crippen molar-refractivity contribution >= 4 is 22.0 Å². The third-order valence-corrected chi connectivity index (χ3v) is 7.87. The van der Waals surface area contributed by atoms with Gasteiger partial charge in [0.2, 0.25) is 10.0 Å². The molecule has 2 fully saturated rings. The molecule has 0 radical (unpaired) electrons. The lowest BCUT2D eigenvalue weighted by Gasteiger charge is -2.34. The standard InChI is InChI=1S/C20H30N4O4S/c1-15-7-9-18(10-8-15)29(27,28)24-13-11-23(12-14-24)16(2)19(25)22-20(26)21-17-5-3-4-6-17/h7-10,16-17H,3-6,11-14H2,1-2H3,(H2,21,22,25,26)/p+1/t16-/m1/s1. The Morgan fingerprint density at radius 3 is 2.28 bits per heavy atom. The Kier molecular flexibility index (Phi) is 6.92. The minimum atomic E-state index is -3.53. The van der Waals surface area contributed by atoms with Gasteiger partial charge in [0.05, 0.1) is 31.1 Å². The van der Waals surface area contributed by atoms with Crippen molar-refractivity contribution < 1.29 is 22.9 Å². The zero-order valence-corrected chi connectivity index (χ0v) is 17.9. The van der Waals surface area contributed by atoms with Gasteiger partial charge in [-0.2, -0.15) is 4.31 Å². The summed E-state index contributed by atoms with van der Waals surface area (Å²) in [4.78, 5) is 25.7. The Morgan fingerprint density at radius 2 is 1.69 bits per heavy atom. The molecule has 0 bridgehead atoms. The van der Waals surface area contributed by atoms with E-state index in [1.807, 2.05) is 6.92 Å². The van der Waals surface area contributed by atoms with E-state index in [4.69, 9.17) is 0 Å². The van der Waals surface area contributed by atoms with Gasteiger partial charge in [0.15, 0.2) is 6.04 Å². The summed E-state index contributed by atoms with van der Waals surface area (Å²) < 4.78 is 27.1. The van der Waals surface area contributed by atoms with E-state index in [0.29, 0.717) is 31.1 Å². The van der Waals surface area contributed by atoms with Crippen LogP contribution in [-0.2, 0) is 14.8 Å². The van der Waals surface area contributed by atoms with Gasteiger partial charge in [-0.3, -0.25) is 10.1 Å². The first-order valence-electron chi connectivity index (χ1n) is 10.3. The number of benzene rings is 1. The summed E-state index contributed by atoms with van der Waals surface area (Å²) in [6.07, 6.45) is 4.13. The Morgan fingerprint density at radius 1 is 1.10 bits per heavy atom. The van der Waals surface area contributed by atoms with Crippen molar-refractivity contribution in [2.45, 2.75) is 56.5 Å². The predicted molar refractivity (Wildman–Crippen MR) is 109 cm³/mol. The van der Waals surface area contributed by atoms with E-state index in [-0.39, 0.29) is 11.9 Å². The molecule has 3 amide bonds. The van der Waals surface area contributed by atoms with Crippen LogP contribution in [0, 0.1) is 6.92 Å². The lowest BCUT2D eigenvalue weighted by Crippen LogP contribution is -3.19. The summed E-state index contributed by atoms with van der Waals surface area (Å²) in [5.74, 6) is -0.328. The molecule has 0 unspecified atom stereocenters. The number of hydrogen-bond donors (Lipinski definition) is 3. The highest BCUT2D eigenvalue weighted by molar-refractivity contribution is 7.89. The molecule has 160 valence electrons. The van der Waals surface area contributed by atoms with Crippen LogP contribution in [0.1, 0.15) is 38.2 Å². The smallest absolute Gasteiger partial charge is 0.321 e. The minimum absolute atomic E-state index is 0.154. The molecule has 29 heavy (non-hydrogen) atoms. The second-order valence-corrected chi connectivity index (χ2v) is 9.98. The van der Waals surface area contributed by atoms with Gasteiger partial charge < -0.3 is 10.2 Å². The number of carbonyl (C=O) groups is 2. The summed E-state index contributed by atoms with van der Waals surface area (Å²) in [6, 6.07) is 6.13. The fraction of sp³-hybridized carbons (Fsp3) is 0.600.